The molecular weight excluding hydrogens is 236 g/mol. The van der Waals surface area contributed by atoms with Gasteiger partial charge in [-0.1, -0.05) is 6.92 Å². The highest BCUT2D eigenvalue weighted by Crippen LogP contribution is 2.19. The quantitative estimate of drug-likeness (QED) is 0.625. The average Bonchev–Trinajstić information content (AvgIpc) is 3.03. The summed E-state index contributed by atoms with van der Waals surface area (Å²) in [6.45, 7) is 3.90. The highest BCUT2D eigenvalue weighted by Gasteiger charge is 2.27. The maximum atomic E-state index is 11.8. The largest absolute Gasteiger partial charge is 0.390 e. The number of nitro groups is 1. The number of nitrogens with zero attached hydrogens (tertiary/aromatic N) is 3. The Balaban J connectivity index is 1.98. The van der Waals surface area contributed by atoms with Crippen LogP contribution in [0.25, 0.3) is 0 Å². The number of aryl methyl sites for hydroxylation is 1. The number of carbonyl (C=O) groups is 1. The summed E-state index contributed by atoms with van der Waals surface area (Å²) in [5, 5.41) is 17.4. The molecule has 18 heavy (non-hydrogen) atoms. The molecule has 0 aliphatic heterocycles. The van der Waals surface area contributed by atoms with Gasteiger partial charge < -0.3 is 15.4 Å². The Hall–Kier alpha value is -1.92. The number of aromatic nitrogens is 2. The highest BCUT2D eigenvalue weighted by molar-refractivity contribution is 5.78. The first-order chi connectivity index (χ1) is 8.47. The predicted molar refractivity (Wildman–Crippen MR) is 63.9 cm³/mol. The molecule has 2 rings (SSSR count). The van der Waals surface area contributed by atoms with Crippen molar-refractivity contribution in [2.75, 3.05) is 0 Å². The van der Waals surface area contributed by atoms with Gasteiger partial charge in [-0.2, -0.15) is 4.68 Å². The average molecular weight is 252 g/mol. The van der Waals surface area contributed by atoms with Crippen molar-refractivity contribution in [2.45, 2.75) is 39.3 Å². The molecule has 1 amide bonds. The lowest BCUT2D eigenvalue weighted by atomic mass is 10.1. The molecule has 7 heteroatoms. The fourth-order valence-corrected chi connectivity index (χ4v) is 1.68. The smallest absolute Gasteiger partial charge is 0.358 e. The van der Waals surface area contributed by atoms with E-state index in [1.807, 2.05) is 0 Å². The number of nitrogens with one attached hydrogen (secondary N) is 1. The molecule has 1 heterocycles. The molecular formula is C11H16N4O3. The first kappa shape index (κ1) is 12.5. The third-order valence-electron chi connectivity index (χ3n) is 2.97. The van der Waals surface area contributed by atoms with E-state index in [0.29, 0.717) is 18.3 Å². The molecule has 0 radical (unpaired) electrons. The molecule has 0 aromatic carbocycles. The zero-order valence-corrected chi connectivity index (χ0v) is 10.4. The van der Waals surface area contributed by atoms with Crippen LogP contribution in [-0.2, 0) is 11.3 Å². The van der Waals surface area contributed by atoms with Crippen LogP contribution in [0.4, 0.5) is 5.82 Å². The zero-order valence-electron chi connectivity index (χ0n) is 10.4. The zero-order chi connectivity index (χ0) is 13.3. The Morgan fingerprint density at radius 1 is 1.72 bits per heavy atom. The van der Waals surface area contributed by atoms with Gasteiger partial charge in [0.15, 0.2) is 0 Å². The molecule has 1 aromatic heterocycles. The first-order valence-electron chi connectivity index (χ1n) is 5.96. The Bertz CT molecular complexity index is 479. The van der Waals surface area contributed by atoms with Crippen LogP contribution < -0.4 is 5.32 Å². The maximum Gasteiger partial charge on any atom is 0.390 e. The minimum Gasteiger partial charge on any atom is -0.358 e. The van der Waals surface area contributed by atoms with Gasteiger partial charge in [-0.05, 0) is 24.7 Å². The molecule has 98 valence electrons. The Morgan fingerprint density at radius 2 is 2.39 bits per heavy atom. The van der Waals surface area contributed by atoms with Gasteiger partial charge >= 0.3 is 5.82 Å². The van der Waals surface area contributed by atoms with Gasteiger partial charge in [0.05, 0.1) is 29.3 Å². The molecule has 0 saturated heterocycles. The minimum atomic E-state index is -0.529. The molecule has 1 atom stereocenters. The third-order valence-corrected chi connectivity index (χ3v) is 2.97. The number of rotatable bonds is 5. The van der Waals surface area contributed by atoms with Crippen LogP contribution >= 0.6 is 0 Å². The van der Waals surface area contributed by atoms with Crippen molar-refractivity contribution in [2.24, 2.45) is 5.92 Å². The third kappa shape index (κ3) is 2.85. The van der Waals surface area contributed by atoms with Gasteiger partial charge in [0.25, 0.3) is 0 Å². The van der Waals surface area contributed by atoms with Gasteiger partial charge in [-0.25, -0.2) is 0 Å². The second-order valence-corrected chi connectivity index (χ2v) is 4.77. The highest BCUT2D eigenvalue weighted by atomic mass is 16.6. The van der Waals surface area contributed by atoms with Crippen molar-refractivity contribution >= 4 is 11.7 Å². The fraction of sp³-hybridized carbons (Fsp3) is 0.636. The lowest BCUT2D eigenvalue weighted by Gasteiger charge is -2.10. The lowest BCUT2D eigenvalue weighted by Crippen LogP contribution is -2.33. The molecule has 0 bridgehead atoms. The van der Waals surface area contributed by atoms with Gasteiger partial charge in [0, 0.05) is 6.04 Å². The van der Waals surface area contributed by atoms with Crippen LogP contribution in [0.1, 0.15) is 25.5 Å². The van der Waals surface area contributed by atoms with E-state index in [2.05, 4.69) is 10.4 Å². The Kier molecular flexibility index (Phi) is 3.31. The van der Waals surface area contributed by atoms with Crippen LogP contribution in [0.5, 0.6) is 0 Å². The van der Waals surface area contributed by atoms with E-state index in [4.69, 9.17) is 0 Å². The molecule has 1 fully saturated rings. The Labute approximate surface area is 104 Å². The van der Waals surface area contributed by atoms with Crippen molar-refractivity contribution in [3.8, 4) is 0 Å². The predicted octanol–water partition coefficient (Wildman–Crippen LogP) is 1.01. The standard InChI is InChI=1S/C11H16N4O3/c1-7(11(16)12-9-3-4-9)6-14-8(2)5-10(13-14)15(17)18/h5,7,9H,3-4,6H2,1-2H3,(H,12,16). The lowest BCUT2D eigenvalue weighted by molar-refractivity contribution is -0.389. The van der Waals surface area contributed by atoms with Crippen molar-refractivity contribution in [1.29, 1.82) is 0 Å². The van der Waals surface area contributed by atoms with Crippen molar-refractivity contribution in [1.82, 2.24) is 15.1 Å². The summed E-state index contributed by atoms with van der Waals surface area (Å²) in [6.07, 6.45) is 2.09. The maximum absolute atomic E-state index is 11.8. The molecule has 7 nitrogen and oxygen atoms in total. The SMILES string of the molecule is Cc1cc([N+](=O)[O-])nn1CC(C)C(=O)NC1CC1. The first-order valence-corrected chi connectivity index (χ1v) is 5.96. The summed E-state index contributed by atoms with van der Waals surface area (Å²) in [4.78, 5) is 21.8. The van der Waals surface area contributed by atoms with Crippen LogP contribution in [0.15, 0.2) is 6.07 Å². The molecule has 1 aliphatic carbocycles. The van der Waals surface area contributed by atoms with Crippen LogP contribution in [-0.4, -0.2) is 26.7 Å². The number of hydrogen-bond acceptors (Lipinski definition) is 4. The van der Waals surface area contributed by atoms with Crippen LogP contribution in [0.2, 0.25) is 0 Å². The minimum absolute atomic E-state index is 0.0185. The molecule has 0 spiro atoms. The van der Waals surface area contributed by atoms with Gasteiger partial charge in [-0.3, -0.25) is 4.79 Å². The van der Waals surface area contributed by atoms with Gasteiger partial charge in [0.2, 0.25) is 5.91 Å². The van der Waals surface area contributed by atoms with Gasteiger partial charge in [0.1, 0.15) is 0 Å². The molecule has 1 saturated carbocycles. The van der Waals surface area contributed by atoms with E-state index in [0.717, 1.165) is 12.8 Å². The number of carbonyl (C=O) groups excluding carboxylic acids is 1. The van der Waals surface area contributed by atoms with Crippen molar-refractivity contribution < 1.29 is 9.72 Å². The summed E-state index contributed by atoms with van der Waals surface area (Å²) in [6, 6.07) is 1.74. The molecule has 1 unspecified atom stereocenters. The molecule has 1 N–H and O–H groups in total. The van der Waals surface area contributed by atoms with E-state index >= 15 is 0 Å². The Morgan fingerprint density at radius 3 is 2.89 bits per heavy atom. The van der Waals surface area contributed by atoms with Gasteiger partial charge in [-0.15, -0.1) is 0 Å². The molecule has 1 aromatic rings. The fourth-order valence-electron chi connectivity index (χ4n) is 1.68. The summed E-state index contributed by atoms with van der Waals surface area (Å²) in [7, 11) is 0. The topological polar surface area (TPSA) is 90.1 Å². The van der Waals surface area contributed by atoms with Crippen molar-refractivity contribution in [3.05, 3.63) is 21.9 Å². The number of amides is 1. The number of hydrogen-bond donors (Lipinski definition) is 1. The monoisotopic (exact) mass is 252 g/mol. The van der Waals surface area contributed by atoms with E-state index in [9.17, 15) is 14.9 Å². The van der Waals surface area contributed by atoms with Crippen LogP contribution in [0, 0.1) is 23.0 Å². The second-order valence-electron chi connectivity index (χ2n) is 4.77. The summed E-state index contributed by atoms with van der Waals surface area (Å²) in [5.74, 6) is -0.443. The summed E-state index contributed by atoms with van der Waals surface area (Å²) in [5.41, 5.74) is 0.688. The van der Waals surface area contributed by atoms with E-state index in [1.54, 1.807) is 13.8 Å². The summed E-state index contributed by atoms with van der Waals surface area (Å²) < 4.78 is 1.51. The van der Waals surface area contributed by atoms with Crippen molar-refractivity contribution in [3.63, 3.8) is 0 Å². The molecule has 1 aliphatic rings. The summed E-state index contributed by atoms with van der Waals surface area (Å²) >= 11 is 0. The van der Waals surface area contributed by atoms with E-state index in [1.165, 1.54) is 10.7 Å². The van der Waals surface area contributed by atoms with E-state index < -0.39 is 4.92 Å². The second kappa shape index (κ2) is 4.75. The van der Waals surface area contributed by atoms with E-state index in [-0.39, 0.29) is 17.6 Å². The normalized spacial score (nSPS) is 16.3. The van der Waals surface area contributed by atoms with Crippen LogP contribution in [0.3, 0.4) is 0 Å².